The molecule has 2 unspecified atom stereocenters. The molecule has 2 atom stereocenters. The van der Waals surface area contributed by atoms with Crippen molar-refractivity contribution in [1.82, 2.24) is 9.88 Å². The van der Waals surface area contributed by atoms with Gasteiger partial charge in [-0.3, -0.25) is 0 Å². The Kier molecular flexibility index (Phi) is 8.84. The highest BCUT2D eigenvalue weighted by Gasteiger charge is 2.33. The Hall–Kier alpha value is -8.98. The topological polar surface area (TPSA) is 66.2 Å². The van der Waals surface area contributed by atoms with Crippen molar-refractivity contribution in [2.24, 2.45) is 4.99 Å². The second kappa shape index (κ2) is 15.6. The van der Waals surface area contributed by atoms with Crippen molar-refractivity contribution in [3.63, 3.8) is 0 Å². The van der Waals surface area contributed by atoms with Crippen LogP contribution in [0.15, 0.2) is 222 Å². The Bertz CT molecular complexity index is 4130. The molecule has 69 heavy (non-hydrogen) atoms. The minimum atomic E-state index is -0.363. The van der Waals surface area contributed by atoms with Crippen LogP contribution in [0.2, 0.25) is 0 Å². The molecule has 0 saturated carbocycles. The van der Waals surface area contributed by atoms with E-state index in [4.69, 9.17) is 9.41 Å². The average Bonchev–Trinajstić information content (AvgIpc) is 3.91. The molecule has 1 N–H and O–H groups in total. The standard InChI is InChI=1S/C64H42N4O/c65-38-39-12-10-16-43(34-39)46-29-33-53-58(37-46)69-63-61(53)66-64(67-62(63)54-21-11-23-57-60(54)52-20-8-9-22-56(52)68(57)48-17-2-1-3-18-48)42-26-24-41(25-27-42)50-31-30-47-35-44-14-4-5-15-45(44)36-55(47)51-32-28-40-13-6-7-19-49(40)59(50)51/h1-29,32-37,50,62H,30-31H2,(H,66,67). The molecule has 12 aromatic rings. The minimum absolute atomic E-state index is 0.191. The van der Waals surface area contributed by atoms with Gasteiger partial charge in [-0.1, -0.05) is 158 Å². The first-order valence-corrected chi connectivity index (χ1v) is 23.8. The lowest BCUT2D eigenvalue weighted by atomic mass is 9.82. The number of nitrogens with one attached hydrogen (secondary N) is 1. The molecule has 0 spiro atoms. The fourth-order valence-corrected chi connectivity index (χ4v) is 11.5. The van der Waals surface area contributed by atoms with Crippen LogP contribution in [0.3, 0.4) is 0 Å². The molecule has 324 valence electrons. The molecule has 0 bridgehead atoms. The lowest BCUT2D eigenvalue weighted by Crippen LogP contribution is -2.32. The number of furan rings is 1. The third-order valence-electron chi connectivity index (χ3n) is 14.7. The van der Waals surface area contributed by atoms with Crippen LogP contribution in [0.25, 0.3) is 82.3 Å². The van der Waals surface area contributed by atoms with Crippen LogP contribution in [0.4, 0.5) is 5.69 Å². The van der Waals surface area contributed by atoms with Gasteiger partial charge >= 0.3 is 0 Å². The highest BCUT2D eigenvalue weighted by molar-refractivity contribution is 6.13. The number of nitrogens with zero attached hydrogens (tertiary/aromatic N) is 3. The van der Waals surface area contributed by atoms with E-state index in [1.54, 1.807) is 0 Å². The van der Waals surface area contributed by atoms with Gasteiger partial charge in [-0.05, 0) is 133 Å². The van der Waals surface area contributed by atoms with Crippen LogP contribution in [-0.4, -0.2) is 10.4 Å². The van der Waals surface area contributed by atoms with Gasteiger partial charge in [0.15, 0.2) is 5.76 Å². The Labute approximate surface area is 398 Å². The molecule has 5 nitrogen and oxygen atoms in total. The van der Waals surface area contributed by atoms with Crippen molar-refractivity contribution >= 4 is 65.8 Å². The molecule has 5 heteroatoms. The molecule has 14 rings (SSSR count). The van der Waals surface area contributed by atoms with Gasteiger partial charge in [-0.15, -0.1) is 0 Å². The lowest BCUT2D eigenvalue weighted by Gasteiger charge is -2.26. The highest BCUT2D eigenvalue weighted by Crippen LogP contribution is 2.48. The van der Waals surface area contributed by atoms with E-state index in [0.717, 1.165) is 80.1 Å². The van der Waals surface area contributed by atoms with Crippen molar-refractivity contribution in [2.45, 2.75) is 24.8 Å². The zero-order chi connectivity index (χ0) is 45.6. The molecule has 2 aromatic heterocycles. The van der Waals surface area contributed by atoms with Crippen LogP contribution < -0.4 is 5.32 Å². The molecular formula is C64H42N4O. The second-order valence-corrected chi connectivity index (χ2v) is 18.5. The van der Waals surface area contributed by atoms with E-state index in [2.05, 4.69) is 204 Å². The van der Waals surface area contributed by atoms with E-state index in [1.165, 1.54) is 60.1 Å². The fraction of sp³-hybridized carbons (Fsp3) is 0.0625. The Morgan fingerprint density at radius 2 is 1.29 bits per heavy atom. The van der Waals surface area contributed by atoms with Crippen molar-refractivity contribution < 1.29 is 4.42 Å². The summed E-state index contributed by atoms with van der Waals surface area (Å²) < 4.78 is 9.36. The summed E-state index contributed by atoms with van der Waals surface area (Å²) in [4.78, 5) is 5.46. The zero-order valence-electron chi connectivity index (χ0n) is 37.5. The Morgan fingerprint density at radius 1 is 0.565 bits per heavy atom. The molecule has 0 saturated heterocycles. The molecule has 1 aliphatic carbocycles. The summed E-state index contributed by atoms with van der Waals surface area (Å²) in [6.07, 6.45) is 1.99. The van der Waals surface area contributed by atoms with Crippen LogP contribution in [0.5, 0.6) is 0 Å². The maximum Gasteiger partial charge on any atom is 0.157 e. The smallest absolute Gasteiger partial charge is 0.157 e. The van der Waals surface area contributed by atoms with Gasteiger partial charge in [0, 0.05) is 33.3 Å². The molecule has 10 aromatic carbocycles. The van der Waals surface area contributed by atoms with E-state index in [1.807, 2.05) is 24.3 Å². The van der Waals surface area contributed by atoms with Gasteiger partial charge in [-0.25, -0.2) is 4.99 Å². The number of hydrogen-bond acceptors (Lipinski definition) is 4. The predicted molar refractivity (Wildman–Crippen MR) is 282 cm³/mol. The fourth-order valence-electron chi connectivity index (χ4n) is 11.5. The molecular weight excluding hydrogens is 841 g/mol. The van der Waals surface area contributed by atoms with Crippen molar-refractivity contribution in [1.29, 1.82) is 5.26 Å². The normalized spacial score (nSPS) is 15.3. The Balaban J connectivity index is 0.921. The van der Waals surface area contributed by atoms with Crippen LogP contribution in [0.1, 0.15) is 57.5 Å². The monoisotopic (exact) mass is 882 g/mol. The molecule has 0 fully saturated rings. The summed E-state index contributed by atoms with van der Waals surface area (Å²) in [5, 5.41) is 22.1. The minimum Gasteiger partial charge on any atom is -0.456 e. The van der Waals surface area contributed by atoms with Crippen molar-refractivity contribution in [3.05, 3.63) is 251 Å². The SMILES string of the molecule is N#Cc1cccc(-c2ccc3c4c(oc3c2)C(c2cccc3c2c2ccccc2n3-c2ccccc2)NC(c2ccc(C3CCc5cc6ccccc6cc5-c5ccc6ccccc6c53)cc2)=N4)c1. The Morgan fingerprint density at radius 3 is 2.14 bits per heavy atom. The average molecular weight is 883 g/mol. The van der Waals surface area contributed by atoms with E-state index in [0.29, 0.717) is 5.56 Å². The van der Waals surface area contributed by atoms with Gasteiger partial charge in [0.25, 0.3) is 0 Å². The summed E-state index contributed by atoms with van der Waals surface area (Å²) in [5.41, 5.74) is 16.4. The number of fused-ring (bicyclic) bond motifs is 12. The molecule has 3 heterocycles. The van der Waals surface area contributed by atoms with Gasteiger partial charge in [0.1, 0.15) is 23.1 Å². The summed E-state index contributed by atoms with van der Waals surface area (Å²) in [6, 6.07) is 78.1. The maximum atomic E-state index is 9.70. The number of nitriles is 1. The molecule has 2 aliphatic rings. The van der Waals surface area contributed by atoms with E-state index >= 15 is 0 Å². The number of hydrogen-bond donors (Lipinski definition) is 1. The lowest BCUT2D eigenvalue weighted by molar-refractivity contribution is 0.505. The maximum absolute atomic E-state index is 9.70. The largest absolute Gasteiger partial charge is 0.456 e. The quantitative estimate of drug-likeness (QED) is 0.187. The van der Waals surface area contributed by atoms with Gasteiger partial charge < -0.3 is 14.3 Å². The number of aromatic nitrogens is 1. The van der Waals surface area contributed by atoms with Gasteiger partial charge in [-0.2, -0.15) is 5.26 Å². The zero-order valence-corrected chi connectivity index (χ0v) is 37.5. The van der Waals surface area contributed by atoms with Crippen LogP contribution in [-0.2, 0) is 6.42 Å². The number of aryl methyl sites for hydroxylation is 1. The summed E-state index contributed by atoms with van der Waals surface area (Å²) in [7, 11) is 0. The first kappa shape index (κ1) is 39.2. The van der Waals surface area contributed by atoms with Crippen molar-refractivity contribution in [3.8, 4) is 34.0 Å². The highest BCUT2D eigenvalue weighted by atomic mass is 16.3. The first-order chi connectivity index (χ1) is 34.1. The second-order valence-electron chi connectivity index (χ2n) is 18.5. The first-order valence-electron chi connectivity index (χ1n) is 23.8. The van der Waals surface area contributed by atoms with E-state index in [9.17, 15) is 5.26 Å². The van der Waals surface area contributed by atoms with Gasteiger partial charge in [0.05, 0.1) is 22.7 Å². The van der Waals surface area contributed by atoms with Gasteiger partial charge in [0.2, 0.25) is 0 Å². The molecule has 0 radical (unpaired) electrons. The number of rotatable bonds is 5. The number of amidine groups is 1. The third-order valence-corrected chi connectivity index (χ3v) is 14.7. The van der Waals surface area contributed by atoms with Crippen LogP contribution in [0, 0.1) is 11.3 Å². The van der Waals surface area contributed by atoms with E-state index < -0.39 is 0 Å². The number of benzene rings is 10. The van der Waals surface area contributed by atoms with Crippen LogP contribution >= 0.6 is 0 Å². The third kappa shape index (κ3) is 6.26. The summed E-state index contributed by atoms with van der Waals surface area (Å²) in [5.74, 6) is 1.75. The van der Waals surface area contributed by atoms with E-state index in [-0.39, 0.29) is 12.0 Å². The summed E-state index contributed by atoms with van der Waals surface area (Å²) in [6.45, 7) is 0. The predicted octanol–water partition coefficient (Wildman–Crippen LogP) is 15.9. The molecule has 1 aliphatic heterocycles. The summed E-state index contributed by atoms with van der Waals surface area (Å²) >= 11 is 0. The number of aliphatic imine (C=N–C) groups is 1. The molecule has 0 amide bonds. The van der Waals surface area contributed by atoms with Crippen molar-refractivity contribution in [2.75, 3.05) is 0 Å². The number of para-hydroxylation sites is 2.